The number of aliphatic hydroxyl groups is 1. The van der Waals surface area contributed by atoms with Gasteiger partial charge in [0, 0.05) is 6.42 Å². The summed E-state index contributed by atoms with van der Waals surface area (Å²) in [7, 11) is 0. The van der Waals surface area contributed by atoms with Crippen LogP contribution in [0.5, 0.6) is 0 Å². The van der Waals surface area contributed by atoms with Gasteiger partial charge in [-0.1, -0.05) is 200 Å². The largest absolute Gasteiger partial charge is 0.463 e. The average molecular weight is 736 g/mol. The van der Waals surface area contributed by atoms with Crippen molar-refractivity contribution in [3.63, 3.8) is 0 Å². The maximum absolute atomic E-state index is 13.0. The van der Waals surface area contributed by atoms with Gasteiger partial charge in [0.05, 0.1) is 24.2 Å². The van der Waals surface area contributed by atoms with E-state index in [9.17, 15) is 19.5 Å². The molecule has 1 amide bonds. The van der Waals surface area contributed by atoms with E-state index < -0.39 is 29.1 Å². The van der Waals surface area contributed by atoms with Gasteiger partial charge in [-0.3, -0.25) is 9.59 Å². The van der Waals surface area contributed by atoms with Crippen molar-refractivity contribution in [2.24, 2.45) is 5.41 Å². The number of carbonyl (C=O) groups excluding carboxylic acids is 3. The van der Waals surface area contributed by atoms with Gasteiger partial charge >= 0.3 is 11.9 Å². The summed E-state index contributed by atoms with van der Waals surface area (Å²) in [5.41, 5.74) is -1.96. The highest BCUT2D eigenvalue weighted by atomic mass is 16.6. The van der Waals surface area contributed by atoms with Crippen LogP contribution in [0.15, 0.2) is 0 Å². The Morgan fingerprint density at radius 3 is 1.23 bits per heavy atom. The fraction of sp³-hybridized carbons (Fsp3) is 0.933. The molecule has 1 rings (SSSR count). The van der Waals surface area contributed by atoms with Gasteiger partial charge in [-0.05, 0) is 33.1 Å². The summed E-state index contributed by atoms with van der Waals surface area (Å²) in [6.07, 6.45) is 38.7. The van der Waals surface area contributed by atoms with E-state index in [1.807, 2.05) is 0 Å². The highest BCUT2D eigenvalue weighted by Crippen LogP contribution is 2.55. The molecule has 2 N–H and O–H groups in total. The molecule has 0 saturated heterocycles. The zero-order valence-electron chi connectivity index (χ0n) is 34.8. The standard InChI is InChI=1S/C45H85NO6/c1-5-7-9-11-13-15-17-19-21-23-25-27-29-31-33-35-37-51-42(48)40(38-46-43(49)44(3)39-45(44,4)50)52-41(47)36-34-32-30-28-26-24-22-20-18-16-14-12-10-8-6-2/h40,50H,5-39H2,1-4H3,(H,46,49). The molecule has 52 heavy (non-hydrogen) atoms. The molecule has 3 atom stereocenters. The Labute approximate surface area is 321 Å². The molecule has 0 bridgehead atoms. The minimum atomic E-state index is -1.18. The molecule has 0 radical (unpaired) electrons. The molecule has 7 heteroatoms. The Kier molecular flexibility index (Phi) is 29.5. The minimum absolute atomic E-state index is 0.146. The van der Waals surface area contributed by atoms with Crippen molar-refractivity contribution in [2.75, 3.05) is 13.2 Å². The van der Waals surface area contributed by atoms with Gasteiger partial charge in [-0.25, -0.2) is 4.79 Å². The Bertz CT molecular complexity index is 891. The molecule has 1 fully saturated rings. The molecule has 0 aromatic heterocycles. The number of rotatable bonds is 38. The third-order valence-electron chi connectivity index (χ3n) is 11.5. The van der Waals surface area contributed by atoms with Crippen LogP contribution in [-0.2, 0) is 23.9 Å². The Balaban J connectivity index is 2.19. The quantitative estimate of drug-likeness (QED) is 0.0483. The number of hydrogen-bond acceptors (Lipinski definition) is 6. The topological polar surface area (TPSA) is 102 Å². The molecule has 0 aliphatic heterocycles. The zero-order chi connectivity index (χ0) is 38.2. The molecule has 1 aliphatic rings. The van der Waals surface area contributed by atoms with E-state index in [-0.39, 0.29) is 25.5 Å². The lowest BCUT2D eigenvalue weighted by Crippen LogP contribution is -2.44. The third-order valence-corrected chi connectivity index (χ3v) is 11.5. The summed E-state index contributed by atoms with van der Waals surface area (Å²) < 4.78 is 11.1. The molecular formula is C45H85NO6. The van der Waals surface area contributed by atoms with Crippen molar-refractivity contribution in [3.05, 3.63) is 0 Å². The molecule has 0 aromatic carbocycles. The van der Waals surface area contributed by atoms with Crippen LogP contribution in [0.4, 0.5) is 0 Å². The lowest BCUT2D eigenvalue weighted by molar-refractivity contribution is -0.168. The molecule has 306 valence electrons. The van der Waals surface area contributed by atoms with Crippen LogP contribution in [0.2, 0.25) is 0 Å². The Morgan fingerprint density at radius 1 is 0.558 bits per heavy atom. The van der Waals surface area contributed by atoms with E-state index in [2.05, 4.69) is 19.2 Å². The summed E-state index contributed by atoms with van der Waals surface area (Å²) in [4.78, 5) is 38.4. The second-order valence-electron chi connectivity index (χ2n) is 16.6. The molecule has 0 spiro atoms. The normalized spacial score (nSPS) is 18.6. The summed E-state index contributed by atoms with van der Waals surface area (Å²) in [5, 5.41) is 13.0. The Morgan fingerprint density at radius 2 is 0.885 bits per heavy atom. The fourth-order valence-electron chi connectivity index (χ4n) is 7.30. The second kappa shape index (κ2) is 31.7. The SMILES string of the molecule is CCCCCCCCCCCCCCCCCCOC(=O)C(CNC(=O)C1(C)CC1(C)O)OC(=O)CCCCCCCCCCCCCCCCC. The van der Waals surface area contributed by atoms with Crippen LogP contribution < -0.4 is 5.32 Å². The van der Waals surface area contributed by atoms with E-state index in [0.717, 1.165) is 38.5 Å². The Hall–Kier alpha value is -1.63. The number of nitrogens with one attached hydrogen (secondary N) is 1. The van der Waals surface area contributed by atoms with Gasteiger partial charge in [0.15, 0.2) is 0 Å². The first-order valence-corrected chi connectivity index (χ1v) is 22.5. The number of unbranched alkanes of at least 4 members (excludes halogenated alkanes) is 29. The maximum Gasteiger partial charge on any atom is 0.349 e. The summed E-state index contributed by atoms with van der Waals surface area (Å²) in [6, 6.07) is 0. The van der Waals surface area contributed by atoms with Gasteiger partial charge in [0.1, 0.15) is 0 Å². The summed E-state index contributed by atoms with van der Waals surface area (Å²) in [6.45, 7) is 8.01. The highest BCUT2D eigenvalue weighted by molar-refractivity contribution is 5.88. The first kappa shape index (κ1) is 48.4. The second-order valence-corrected chi connectivity index (χ2v) is 16.6. The summed E-state index contributed by atoms with van der Waals surface area (Å²) in [5.74, 6) is -1.39. The molecule has 1 saturated carbocycles. The first-order chi connectivity index (χ1) is 25.2. The minimum Gasteiger partial charge on any atom is -0.463 e. The third kappa shape index (κ3) is 24.6. The van der Waals surface area contributed by atoms with Crippen molar-refractivity contribution in [3.8, 4) is 0 Å². The lowest BCUT2D eigenvalue weighted by Gasteiger charge is -2.20. The number of carbonyl (C=O) groups is 3. The van der Waals surface area contributed by atoms with Crippen LogP contribution in [0, 0.1) is 5.41 Å². The lowest BCUT2D eigenvalue weighted by atomic mass is 10.0. The van der Waals surface area contributed by atoms with Crippen LogP contribution >= 0.6 is 0 Å². The van der Waals surface area contributed by atoms with Crippen LogP contribution in [0.25, 0.3) is 0 Å². The van der Waals surface area contributed by atoms with E-state index in [0.29, 0.717) is 6.42 Å². The monoisotopic (exact) mass is 736 g/mol. The predicted octanol–water partition coefficient (Wildman–Crippen LogP) is 12.2. The number of amides is 1. The van der Waals surface area contributed by atoms with Crippen LogP contribution in [-0.4, -0.2) is 47.8 Å². The van der Waals surface area contributed by atoms with E-state index in [1.54, 1.807) is 13.8 Å². The molecule has 1 aliphatic carbocycles. The number of esters is 2. The first-order valence-electron chi connectivity index (χ1n) is 22.5. The highest BCUT2D eigenvalue weighted by Gasteiger charge is 2.65. The van der Waals surface area contributed by atoms with Crippen molar-refractivity contribution >= 4 is 17.8 Å². The van der Waals surface area contributed by atoms with E-state index in [1.165, 1.54) is 161 Å². The summed E-state index contributed by atoms with van der Waals surface area (Å²) >= 11 is 0. The van der Waals surface area contributed by atoms with Gasteiger partial charge in [-0.15, -0.1) is 0 Å². The molecular weight excluding hydrogens is 650 g/mol. The van der Waals surface area contributed by atoms with Crippen molar-refractivity contribution < 1.29 is 29.0 Å². The van der Waals surface area contributed by atoms with Gasteiger partial charge in [0.25, 0.3) is 0 Å². The van der Waals surface area contributed by atoms with Crippen LogP contribution in [0.1, 0.15) is 240 Å². The van der Waals surface area contributed by atoms with Crippen LogP contribution in [0.3, 0.4) is 0 Å². The fourth-order valence-corrected chi connectivity index (χ4v) is 7.30. The van der Waals surface area contributed by atoms with Gasteiger partial charge in [-0.2, -0.15) is 0 Å². The maximum atomic E-state index is 13.0. The van der Waals surface area contributed by atoms with E-state index >= 15 is 0 Å². The van der Waals surface area contributed by atoms with Crippen molar-refractivity contribution in [2.45, 2.75) is 251 Å². The van der Waals surface area contributed by atoms with Crippen molar-refractivity contribution in [1.82, 2.24) is 5.32 Å². The smallest absolute Gasteiger partial charge is 0.349 e. The zero-order valence-corrected chi connectivity index (χ0v) is 34.8. The van der Waals surface area contributed by atoms with Gasteiger partial charge < -0.3 is 19.9 Å². The molecule has 7 nitrogen and oxygen atoms in total. The average Bonchev–Trinajstić information content (AvgIpc) is 3.66. The molecule has 3 unspecified atom stereocenters. The van der Waals surface area contributed by atoms with E-state index in [4.69, 9.17) is 9.47 Å². The van der Waals surface area contributed by atoms with Crippen molar-refractivity contribution in [1.29, 1.82) is 0 Å². The number of ether oxygens (including phenoxy) is 2. The molecule has 0 heterocycles. The predicted molar refractivity (Wildman–Crippen MR) is 216 cm³/mol. The number of hydrogen-bond donors (Lipinski definition) is 2. The van der Waals surface area contributed by atoms with Gasteiger partial charge in [0.2, 0.25) is 12.0 Å². The molecule has 0 aromatic rings.